The Hall–Kier alpha value is -2.85. The highest BCUT2D eigenvalue weighted by atomic mass is 16.5. The minimum atomic E-state index is -0.0435. The number of nitrogens with one attached hydrogen (secondary N) is 1. The molecule has 0 saturated carbocycles. The smallest absolute Gasteiger partial charge is 0.234 e. The standard InChI is InChI=1S/C23H26N2O2/c1-17(21-10-6-8-19-7-4-5-9-22(19)21)24-23(26)16-25(2)15-18-11-13-20(27-3)14-12-18/h4-14,17H,15-16H2,1-3H3,(H,24,26)/t17-/m1/s1. The number of likely N-dealkylation sites (N-methyl/N-ethyl adjacent to an activating group) is 1. The van der Waals surface area contributed by atoms with Gasteiger partial charge in [0, 0.05) is 6.54 Å². The van der Waals surface area contributed by atoms with Crippen LogP contribution in [0.2, 0.25) is 0 Å². The zero-order valence-electron chi connectivity index (χ0n) is 16.1. The quantitative estimate of drug-likeness (QED) is 0.686. The lowest BCUT2D eigenvalue weighted by Gasteiger charge is -2.20. The summed E-state index contributed by atoms with van der Waals surface area (Å²) in [5.41, 5.74) is 2.28. The summed E-state index contributed by atoms with van der Waals surface area (Å²) in [4.78, 5) is 14.5. The number of hydrogen-bond donors (Lipinski definition) is 1. The van der Waals surface area contributed by atoms with Crippen molar-refractivity contribution in [3.63, 3.8) is 0 Å². The van der Waals surface area contributed by atoms with Gasteiger partial charge in [0.25, 0.3) is 0 Å². The number of carbonyl (C=O) groups excluding carboxylic acids is 1. The molecule has 4 heteroatoms. The number of fused-ring (bicyclic) bond motifs is 1. The van der Waals surface area contributed by atoms with E-state index in [4.69, 9.17) is 4.74 Å². The molecule has 0 aliphatic rings. The fraction of sp³-hybridized carbons (Fsp3) is 0.261. The fourth-order valence-electron chi connectivity index (χ4n) is 3.34. The van der Waals surface area contributed by atoms with Crippen molar-refractivity contribution in [1.29, 1.82) is 0 Å². The SMILES string of the molecule is COc1ccc(CN(C)CC(=O)N[C@H](C)c2cccc3ccccc23)cc1. The minimum absolute atomic E-state index is 0.0199. The van der Waals surface area contributed by atoms with Crippen LogP contribution in [0.5, 0.6) is 5.75 Å². The normalized spacial score (nSPS) is 12.1. The van der Waals surface area contributed by atoms with Crippen LogP contribution in [-0.4, -0.2) is 31.5 Å². The molecule has 27 heavy (non-hydrogen) atoms. The molecule has 1 atom stereocenters. The van der Waals surface area contributed by atoms with Crippen molar-refractivity contribution in [2.24, 2.45) is 0 Å². The molecule has 0 radical (unpaired) electrons. The molecular formula is C23H26N2O2. The second-order valence-corrected chi connectivity index (χ2v) is 6.88. The first-order valence-electron chi connectivity index (χ1n) is 9.15. The predicted octanol–water partition coefficient (Wildman–Crippen LogP) is 4.16. The van der Waals surface area contributed by atoms with E-state index in [2.05, 4.69) is 29.6 Å². The van der Waals surface area contributed by atoms with E-state index in [1.807, 2.05) is 61.3 Å². The summed E-state index contributed by atoms with van der Waals surface area (Å²) in [6.45, 7) is 3.09. The molecule has 3 aromatic rings. The van der Waals surface area contributed by atoms with Gasteiger partial charge in [-0.3, -0.25) is 9.69 Å². The number of carbonyl (C=O) groups is 1. The van der Waals surface area contributed by atoms with Crippen molar-refractivity contribution in [2.75, 3.05) is 20.7 Å². The molecule has 0 spiro atoms. The molecule has 4 nitrogen and oxygen atoms in total. The molecule has 0 aromatic heterocycles. The molecule has 0 saturated heterocycles. The van der Waals surface area contributed by atoms with Gasteiger partial charge < -0.3 is 10.1 Å². The van der Waals surface area contributed by atoms with E-state index in [-0.39, 0.29) is 11.9 Å². The van der Waals surface area contributed by atoms with Gasteiger partial charge in [-0.1, -0.05) is 54.6 Å². The summed E-state index contributed by atoms with van der Waals surface area (Å²) in [5.74, 6) is 0.856. The molecule has 1 N–H and O–H groups in total. The summed E-state index contributed by atoms with van der Waals surface area (Å²) in [6.07, 6.45) is 0. The van der Waals surface area contributed by atoms with Crippen molar-refractivity contribution in [1.82, 2.24) is 10.2 Å². The summed E-state index contributed by atoms with van der Waals surface area (Å²) in [5, 5.41) is 5.49. The molecule has 0 fully saturated rings. The van der Waals surface area contributed by atoms with Crippen molar-refractivity contribution in [3.05, 3.63) is 77.9 Å². The van der Waals surface area contributed by atoms with Crippen LogP contribution in [0.3, 0.4) is 0 Å². The lowest BCUT2D eigenvalue weighted by Crippen LogP contribution is -2.36. The van der Waals surface area contributed by atoms with Gasteiger partial charge in [0.15, 0.2) is 0 Å². The van der Waals surface area contributed by atoms with Gasteiger partial charge in [-0.25, -0.2) is 0 Å². The van der Waals surface area contributed by atoms with Crippen LogP contribution in [0.25, 0.3) is 10.8 Å². The first-order valence-corrected chi connectivity index (χ1v) is 9.15. The van der Waals surface area contributed by atoms with Gasteiger partial charge in [0.1, 0.15) is 5.75 Å². The molecule has 140 valence electrons. The minimum Gasteiger partial charge on any atom is -0.497 e. The molecule has 0 bridgehead atoms. The Morgan fingerprint density at radius 1 is 1.04 bits per heavy atom. The molecule has 1 amide bonds. The Morgan fingerprint density at radius 3 is 2.48 bits per heavy atom. The molecule has 0 aliphatic heterocycles. The Bertz CT molecular complexity index is 900. The van der Waals surface area contributed by atoms with E-state index in [0.717, 1.165) is 16.9 Å². The van der Waals surface area contributed by atoms with Gasteiger partial charge in [0.05, 0.1) is 19.7 Å². The van der Waals surface area contributed by atoms with Gasteiger partial charge in [-0.05, 0) is 48.0 Å². The van der Waals surface area contributed by atoms with Crippen LogP contribution < -0.4 is 10.1 Å². The van der Waals surface area contributed by atoms with Crippen LogP contribution in [0.1, 0.15) is 24.1 Å². The zero-order valence-corrected chi connectivity index (χ0v) is 16.1. The lowest BCUT2D eigenvalue weighted by molar-refractivity contribution is -0.122. The Labute approximate surface area is 160 Å². The van der Waals surface area contributed by atoms with Crippen molar-refractivity contribution >= 4 is 16.7 Å². The predicted molar refractivity (Wildman–Crippen MR) is 110 cm³/mol. The number of benzene rings is 3. The fourth-order valence-corrected chi connectivity index (χ4v) is 3.34. The molecule has 3 aromatic carbocycles. The van der Waals surface area contributed by atoms with Crippen LogP contribution in [0, 0.1) is 0 Å². The first kappa shape index (κ1) is 18.9. The highest BCUT2D eigenvalue weighted by Gasteiger charge is 2.14. The molecule has 3 rings (SSSR count). The highest BCUT2D eigenvalue weighted by molar-refractivity contribution is 5.87. The number of hydrogen-bond acceptors (Lipinski definition) is 3. The number of methoxy groups -OCH3 is 1. The third-order valence-corrected chi connectivity index (χ3v) is 4.69. The van der Waals surface area contributed by atoms with Gasteiger partial charge in [-0.2, -0.15) is 0 Å². The average Bonchev–Trinajstić information content (AvgIpc) is 2.67. The van der Waals surface area contributed by atoms with Gasteiger partial charge in [-0.15, -0.1) is 0 Å². The number of ether oxygens (including phenoxy) is 1. The van der Waals surface area contributed by atoms with E-state index in [1.165, 1.54) is 10.8 Å². The van der Waals surface area contributed by atoms with E-state index < -0.39 is 0 Å². The number of rotatable bonds is 7. The number of nitrogens with zero attached hydrogens (tertiary/aromatic N) is 1. The van der Waals surface area contributed by atoms with Crippen LogP contribution >= 0.6 is 0 Å². The van der Waals surface area contributed by atoms with Crippen LogP contribution in [-0.2, 0) is 11.3 Å². The zero-order chi connectivity index (χ0) is 19.2. The Morgan fingerprint density at radius 2 is 1.74 bits per heavy atom. The topological polar surface area (TPSA) is 41.6 Å². The Balaban J connectivity index is 1.59. The van der Waals surface area contributed by atoms with Gasteiger partial charge >= 0.3 is 0 Å². The maximum Gasteiger partial charge on any atom is 0.234 e. The van der Waals surface area contributed by atoms with Crippen molar-refractivity contribution in [3.8, 4) is 5.75 Å². The summed E-state index contributed by atoms with van der Waals surface area (Å²) in [6, 6.07) is 22.3. The molecule has 0 heterocycles. The highest BCUT2D eigenvalue weighted by Crippen LogP contribution is 2.24. The maximum absolute atomic E-state index is 12.5. The third-order valence-electron chi connectivity index (χ3n) is 4.69. The second-order valence-electron chi connectivity index (χ2n) is 6.88. The summed E-state index contributed by atoms with van der Waals surface area (Å²) < 4.78 is 5.18. The van der Waals surface area contributed by atoms with Crippen molar-refractivity contribution in [2.45, 2.75) is 19.5 Å². The number of amides is 1. The maximum atomic E-state index is 12.5. The van der Waals surface area contributed by atoms with Crippen LogP contribution in [0.15, 0.2) is 66.7 Å². The Kier molecular flexibility index (Phi) is 6.09. The monoisotopic (exact) mass is 362 g/mol. The lowest BCUT2D eigenvalue weighted by atomic mass is 10.00. The van der Waals surface area contributed by atoms with Crippen LogP contribution in [0.4, 0.5) is 0 Å². The largest absolute Gasteiger partial charge is 0.497 e. The van der Waals surface area contributed by atoms with E-state index in [9.17, 15) is 4.79 Å². The second kappa shape index (κ2) is 8.69. The summed E-state index contributed by atoms with van der Waals surface area (Å²) in [7, 11) is 3.61. The third kappa shape index (κ3) is 4.86. The van der Waals surface area contributed by atoms with E-state index in [0.29, 0.717) is 13.1 Å². The average molecular weight is 362 g/mol. The molecule has 0 unspecified atom stereocenters. The molecule has 0 aliphatic carbocycles. The molecular weight excluding hydrogens is 336 g/mol. The van der Waals surface area contributed by atoms with Crippen molar-refractivity contribution < 1.29 is 9.53 Å². The van der Waals surface area contributed by atoms with Gasteiger partial charge in [0.2, 0.25) is 5.91 Å². The van der Waals surface area contributed by atoms with E-state index >= 15 is 0 Å². The summed E-state index contributed by atoms with van der Waals surface area (Å²) >= 11 is 0. The van der Waals surface area contributed by atoms with E-state index in [1.54, 1.807) is 7.11 Å². The first-order chi connectivity index (χ1) is 13.1.